The van der Waals surface area contributed by atoms with Gasteiger partial charge in [0.05, 0.1) is 17.6 Å². The van der Waals surface area contributed by atoms with Crippen LogP contribution >= 0.6 is 0 Å². The second-order valence-electron chi connectivity index (χ2n) is 3.06. The molecule has 1 heterocycles. The fourth-order valence-corrected chi connectivity index (χ4v) is 0.977. The van der Waals surface area contributed by atoms with Crippen LogP contribution in [0.5, 0.6) is 0 Å². The first-order valence-corrected chi connectivity index (χ1v) is 4.20. The van der Waals surface area contributed by atoms with E-state index in [4.69, 9.17) is 0 Å². The zero-order chi connectivity index (χ0) is 9.90. The minimum Gasteiger partial charge on any atom is -0.381 e. The second kappa shape index (κ2) is 3.79. The smallest absolute Gasteiger partial charge is 0.136 e. The predicted octanol–water partition coefficient (Wildman–Crippen LogP) is 1.35. The van der Waals surface area contributed by atoms with Crippen LogP contribution in [0.15, 0.2) is 12.4 Å². The van der Waals surface area contributed by atoms with Crippen molar-refractivity contribution in [3.63, 3.8) is 0 Å². The van der Waals surface area contributed by atoms with Crippen LogP contribution in [0.25, 0.3) is 0 Å². The van der Waals surface area contributed by atoms with Gasteiger partial charge in [-0.25, -0.2) is 4.39 Å². The van der Waals surface area contributed by atoms with Gasteiger partial charge in [0.1, 0.15) is 12.3 Å². The van der Waals surface area contributed by atoms with Gasteiger partial charge >= 0.3 is 0 Å². The first-order chi connectivity index (χ1) is 6.12. The molecule has 1 aromatic rings. The molecule has 0 fully saturated rings. The Morgan fingerprint density at radius 1 is 1.46 bits per heavy atom. The number of aromatic nitrogens is 2. The Labute approximate surface area is 76.7 Å². The lowest BCUT2D eigenvalue weighted by Gasteiger charge is -2.21. The summed E-state index contributed by atoms with van der Waals surface area (Å²) in [5, 5.41) is 9.71. The Kier molecular flexibility index (Phi) is 2.93. The topological polar surface area (TPSA) is 46.0 Å². The third-order valence-electron chi connectivity index (χ3n) is 2.06. The van der Waals surface area contributed by atoms with Crippen LogP contribution in [0.4, 0.5) is 4.39 Å². The van der Waals surface area contributed by atoms with Crippen molar-refractivity contribution < 1.29 is 9.50 Å². The molecule has 72 valence electrons. The van der Waals surface area contributed by atoms with Crippen molar-refractivity contribution in [1.29, 1.82) is 0 Å². The minimum absolute atomic E-state index is 0.293. The van der Waals surface area contributed by atoms with E-state index in [2.05, 4.69) is 9.97 Å². The van der Waals surface area contributed by atoms with Crippen LogP contribution in [-0.2, 0) is 5.60 Å². The van der Waals surface area contributed by atoms with Gasteiger partial charge in [0.15, 0.2) is 0 Å². The molecule has 1 rings (SSSR count). The molecule has 0 radical (unpaired) electrons. The summed E-state index contributed by atoms with van der Waals surface area (Å²) in [5.41, 5.74) is -0.426. The van der Waals surface area contributed by atoms with E-state index in [-0.39, 0.29) is 0 Å². The summed E-state index contributed by atoms with van der Waals surface area (Å²) in [4.78, 5) is 7.89. The van der Waals surface area contributed by atoms with E-state index < -0.39 is 12.3 Å². The summed E-state index contributed by atoms with van der Waals surface area (Å²) in [6, 6.07) is 0. The lowest BCUT2D eigenvalue weighted by atomic mass is 9.99. The molecule has 0 aliphatic rings. The molecule has 1 unspecified atom stereocenters. The molecule has 0 aliphatic heterocycles. The molecule has 0 amide bonds. The zero-order valence-electron chi connectivity index (χ0n) is 7.79. The lowest BCUT2D eigenvalue weighted by molar-refractivity contribution is 0.00296. The van der Waals surface area contributed by atoms with Crippen LogP contribution < -0.4 is 0 Å². The fourth-order valence-electron chi connectivity index (χ4n) is 0.977. The maximum absolute atomic E-state index is 12.5. The Balaban J connectivity index is 2.99. The number of hydrogen-bond donors (Lipinski definition) is 1. The summed E-state index contributed by atoms with van der Waals surface area (Å²) in [6.45, 7) is 2.67. The Hall–Kier alpha value is -1.03. The molecule has 0 aromatic carbocycles. The van der Waals surface area contributed by atoms with Gasteiger partial charge in [-0.05, 0) is 13.3 Å². The van der Waals surface area contributed by atoms with E-state index in [1.165, 1.54) is 12.4 Å². The highest BCUT2D eigenvalue weighted by molar-refractivity contribution is 5.10. The number of nitrogens with zero attached hydrogens (tertiary/aromatic N) is 2. The van der Waals surface area contributed by atoms with E-state index in [1.54, 1.807) is 13.8 Å². The average Bonchev–Trinajstić information content (AvgIpc) is 2.18. The first kappa shape index (κ1) is 10.1. The summed E-state index contributed by atoms with van der Waals surface area (Å²) >= 11 is 0. The number of aryl methyl sites for hydroxylation is 1. The molecule has 4 heteroatoms. The molecule has 0 spiro atoms. The first-order valence-electron chi connectivity index (χ1n) is 4.20. The van der Waals surface area contributed by atoms with Crippen molar-refractivity contribution in [2.45, 2.75) is 25.9 Å². The van der Waals surface area contributed by atoms with Gasteiger partial charge in [-0.1, -0.05) is 6.92 Å². The summed E-state index contributed by atoms with van der Waals surface area (Å²) in [7, 11) is 0. The highest BCUT2D eigenvalue weighted by atomic mass is 19.1. The predicted molar refractivity (Wildman–Crippen MR) is 46.9 cm³/mol. The molecular formula is C9H13FN2O. The average molecular weight is 184 g/mol. The normalized spacial score (nSPS) is 15.4. The summed E-state index contributed by atoms with van der Waals surface area (Å²) < 4.78 is 12.5. The van der Waals surface area contributed by atoms with E-state index in [1.807, 2.05) is 0 Å². The number of hydrogen-bond acceptors (Lipinski definition) is 3. The van der Waals surface area contributed by atoms with Gasteiger partial charge in [-0.15, -0.1) is 0 Å². The number of halogens is 1. The van der Waals surface area contributed by atoms with Crippen LogP contribution in [0, 0.1) is 6.92 Å². The molecule has 1 N–H and O–H groups in total. The highest BCUT2D eigenvalue weighted by Crippen LogP contribution is 2.22. The number of alkyl halides is 1. The molecule has 0 saturated carbocycles. The molecule has 3 nitrogen and oxygen atoms in total. The Morgan fingerprint density at radius 2 is 2.15 bits per heavy atom. The summed E-state index contributed by atoms with van der Waals surface area (Å²) in [5.74, 6) is 0. The Morgan fingerprint density at radius 3 is 2.54 bits per heavy atom. The SMILES string of the molecule is CCC(O)(CF)c1cnc(C)cn1. The molecule has 0 saturated heterocycles. The highest BCUT2D eigenvalue weighted by Gasteiger charge is 2.28. The minimum atomic E-state index is -1.47. The van der Waals surface area contributed by atoms with Crippen LogP contribution in [-0.4, -0.2) is 21.7 Å². The molecule has 0 aliphatic carbocycles. The van der Waals surface area contributed by atoms with Crippen LogP contribution in [0.2, 0.25) is 0 Å². The largest absolute Gasteiger partial charge is 0.381 e. The number of rotatable bonds is 3. The third kappa shape index (κ3) is 2.01. The summed E-state index contributed by atoms with van der Waals surface area (Å²) in [6.07, 6.45) is 3.23. The van der Waals surface area contributed by atoms with Crippen LogP contribution in [0.1, 0.15) is 24.7 Å². The van der Waals surface area contributed by atoms with Crippen molar-refractivity contribution >= 4 is 0 Å². The van der Waals surface area contributed by atoms with E-state index in [0.717, 1.165) is 5.69 Å². The molecule has 1 aromatic heterocycles. The van der Waals surface area contributed by atoms with Gasteiger partial charge in [0.25, 0.3) is 0 Å². The van der Waals surface area contributed by atoms with E-state index >= 15 is 0 Å². The van der Waals surface area contributed by atoms with Crippen LogP contribution in [0.3, 0.4) is 0 Å². The monoisotopic (exact) mass is 184 g/mol. The van der Waals surface area contributed by atoms with Crippen molar-refractivity contribution in [2.75, 3.05) is 6.67 Å². The van der Waals surface area contributed by atoms with Gasteiger partial charge in [0, 0.05) is 6.20 Å². The third-order valence-corrected chi connectivity index (χ3v) is 2.06. The number of aliphatic hydroxyl groups is 1. The zero-order valence-corrected chi connectivity index (χ0v) is 7.79. The lowest BCUT2D eigenvalue weighted by Crippen LogP contribution is -2.28. The van der Waals surface area contributed by atoms with Crippen molar-refractivity contribution in [3.05, 3.63) is 23.8 Å². The van der Waals surface area contributed by atoms with Gasteiger partial charge in [-0.3, -0.25) is 9.97 Å². The molecule has 1 atom stereocenters. The van der Waals surface area contributed by atoms with E-state index in [0.29, 0.717) is 12.1 Å². The Bertz CT molecular complexity index is 269. The maximum atomic E-state index is 12.5. The van der Waals surface area contributed by atoms with Gasteiger partial charge in [-0.2, -0.15) is 0 Å². The van der Waals surface area contributed by atoms with Crippen molar-refractivity contribution in [3.8, 4) is 0 Å². The van der Waals surface area contributed by atoms with Crippen molar-refractivity contribution in [2.24, 2.45) is 0 Å². The second-order valence-corrected chi connectivity index (χ2v) is 3.06. The molecular weight excluding hydrogens is 171 g/mol. The molecule has 0 bridgehead atoms. The molecule has 13 heavy (non-hydrogen) atoms. The standard InChI is InChI=1S/C9H13FN2O/c1-3-9(13,6-10)8-5-11-7(2)4-12-8/h4-5,13H,3,6H2,1-2H3. The van der Waals surface area contributed by atoms with E-state index in [9.17, 15) is 9.50 Å². The maximum Gasteiger partial charge on any atom is 0.136 e. The van der Waals surface area contributed by atoms with Gasteiger partial charge in [0.2, 0.25) is 0 Å². The van der Waals surface area contributed by atoms with Crippen molar-refractivity contribution in [1.82, 2.24) is 9.97 Å². The quantitative estimate of drug-likeness (QED) is 0.771. The van der Waals surface area contributed by atoms with Gasteiger partial charge < -0.3 is 5.11 Å². The fraction of sp³-hybridized carbons (Fsp3) is 0.556.